The standard InChI is InChI=1S/C21H25N3O2/c25-21(7-4-15-8-11-22-12-9-15)24-20-3-1-2-18(23-20)16-5-6-19-17(14-16)10-13-26-19/h1-3,5-6,14-15,22H,4,7-13H2,(H,23,24,25). The van der Waals surface area contributed by atoms with Crippen LogP contribution in [0.1, 0.15) is 31.2 Å². The molecular formula is C21H25N3O2. The fourth-order valence-electron chi connectivity index (χ4n) is 3.72. The second-order valence-corrected chi connectivity index (χ2v) is 7.11. The molecule has 2 aliphatic heterocycles. The van der Waals surface area contributed by atoms with Crippen molar-refractivity contribution in [2.24, 2.45) is 5.92 Å². The molecule has 1 aromatic heterocycles. The number of benzene rings is 1. The monoisotopic (exact) mass is 351 g/mol. The van der Waals surface area contributed by atoms with Gasteiger partial charge in [0.15, 0.2) is 0 Å². The summed E-state index contributed by atoms with van der Waals surface area (Å²) in [7, 11) is 0. The Morgan fingerprint density at radius 2 is 2.12 bits per heavy atom. The fraction of sp³-hybridized carbons (Fsp3) is 0.429. The SMILES string of the molecule is O=C(CCC1CCNCC1)Nc1cccc(-c2ccc3c(c2)CCO3)n1. The molecule has 5 heteroatoms. The smallest absolute Gasteiger partial charge is 0.225 e. The van der Waals surface area contributed by atoms with Crippen molar-refractivity contribution in [1.82, 2.24) is 10.3 Å². The number of hydrogen-bond acceptors (Lipinski definition) is 4. The molecule has 2 aliphatic rings. The van der Waals surface area contributed by atoms with Crippen LogP contribution in [0, 0.1) is 5.92 Å². The van der Waals surface area contributed by atoms with Gasteiger partial charge in [-0.05, 0) is 74.2 Å². The first-order valence-electron chi connectivity index (χ1n) is 9.52. The Hall–Kier alpha value is -2.40. The number of rotatable bonds is 5. The molecule has 2 aromatic rings. The molecule has 0 radical (unpaired) electrons. The summed E-state index contributed by atoms with van der Waals surface area (Å²) in [4.78, 5) is 16.9. The van der Waals surface area contributed by atoms with E-state index < -0.39 is 0 Å². The minimum absolute atomic E-state index is 0.0514. The van der Waals surface area contributed by atoms with E-state index in [0.29, 0.717) is 18.2 Å². The lowest BCUT2D eigenvalue weighted by Crippen LogP contribution is -2.28. The first kappa shape index (κ1) is 17.0. The molecule has 1 fully saturated rings. The molecule has 0 bridgehead atoms. The van der Waals surface area contributed by atoms with Gasteiger partial charge in [0.25, 0.3) is 0 Å². The third kappa shape index (κ3) is 4.05. The largest absolute Gasteiger partial charge is 0.493 e. The molecule has 0 saturated carbocycles. The number of ether oxygens (including phenoxy) is 1. The highest BCUT2D eigenvalue weighted by Gasteiger charge is 2.16. The molecule has 3 heterocycles. The number of nitrogens with zero attached hydrogens (tertiary/aromatic N) is 1. The van der Waals surface area contributed by atoms with Crippen LogP contribution in [0.5, 0.6) is 5.75 Å². The maximum Gasteiger partial charge on any atom is 0.225 e. The maximum atomic E-state index is 12.3. The van der Waals surface area contributed by atoms with Gasteiger partial charge in [-0.15, -0.1) is 0 Å². The number of hydrogen-bond donors (Lipinski definition) is 2. The van der Waals surface area contributed by atoms with Crippen molar-refractivity contribution in [3.05, 3.63) is 42.0 Å². The number of anilines is 1. The van der Waals surface area contributed by atoms with Gasteiger partial charge in [0.05, 0.1) is 12.3 Å². The van der Waals surface area contributed by atoms with Gasteiger partial charge in [0.2, 0.25) is 5.91 Å². The molecular weight excluding hydrogens is 326 g/mol. The maximum absolute atomic E-state index is 12.3. The van der Waals surface area contributed by atoms with E-state index in [0.717, 1.165) is 49.5 Å². The summed E-state index contributed by atoms with van der Waals surface area (Å²) in [5, 5.41) is 6.31. The van der Waals surface area contributed by atoms with E-state index in [-0.39, 0.29) is 5.91 Å². The van der Waals surface area contributed by atoms with Crippen LogP contribution in [0.2, 0.25) is 0 Å². The summed E-state index contributed by atoms with van der Waals surface area (Å²) in [5.41, 5.74) is 3.15. The fourth-order valence-corrected chi connectivity index (χ4v) is 3.72. The molecule has 1 aromatic carbocycles. The second-order valence-electron chi connectivity index (χ2n) is 7.11. The molecule has 26 heavy (non-hydrogen) atoms. The zero-order valence-corrected chi connectivity index (χ0v) is 15.0. The highest BCUT2D eigenvalue weighted by atomic mass is 16.5. The minimum Gasteiger partial charge on any atom is -0.493 e. The summed E-state index contributed by atoms with van der Waals surface area (Å²) < 4.78 is 5.56. The van der Waals surface area contributed by atoms with Crippen molar-refractivity contribution in [3.8, 4) is 17.0 Å². The van der Waals surface area contributed by atoms with E-state index in [2.05, 4.69) is 21.7 Å². The molecule has 2 N–H and O–H groups in total. The van der Waals surface area contributed by atoms with Crippen LogP contribution in [0.3, 0.4) is 0 Å². The summed E-state index contributed by atoms with van der Waals surface area (Å²) >= 11 is 0. The van der Waals surface area contributed by atoms with E-state index >= 15 is 0 Å². The van der Waals surface area contributed by atoms with Gasteiger partial charge in [-0.1, -0.05) is 6.07 Å². The quantitative estimate of drug-likeness (QED) is 0.867. The van der Waals surface area contributed by atoms with Gasteiger partial charge < -0.3 is 15.4 Å². The average molecular weight is 351 g/mol. The molecule has 0 unspecified atom stereocenters. The van der Waals surface area contributed by atoms with E-state index in [9.17, 15) is 4.79 Å². The Morgan fingerprint density at radius 3 is 3.00 bits per heavy atom. The predicted molar refractivity (Wildman–Crippen MR) is 102 cm³/mol. The van der Waals surface area contributed by atoms with Crippen molar-refractivity contribution in [3.63, 3.8) is 0 Å². The van der Waals surface area contributed by atoms with Crippen LogP contribution < -0.4 is 15.4 Å². The Labute approximate surface area is 154 Å². The zero-order chi connectivity index (χ0) is 17.8. The normalized spacial score (nSPS) is 16.8. The highest BCUT2D eigenvalue weighted by molar-refractivity contribution is 5.90. The van der Waals surface area contributed by atoms with Crippen molar-refractivity contribution < 1.29 is 9.53 Å². The van der Waals surface area contributed by atoms with Gasteiger partial charge >= 0.3 is 0 Å². The number of nitrogens with one attached hydrogen (secondary N) is 2. The Bertz CT molecular complexity index is 785. The molecule has 4 rings (SSSR count). The second kappa shape index (κ2) is 7.87. The van der Waals surface area contributed by atoms with Crippen LogP contribution in [0.4, 0.5) is 5.82 Å². The van der Waals surface area contributed by atoms with Crippen LogP contribution in [0.15, 0.2) is 36.4 Å². The highest BCUT2D eigenvalue weighted by Crippen LogP contribution is 2.30. The van der Waals surface area contributed by atoms with Gasteiger partial charge in [0.1, 0.15) is 11.6 Å². The zero-order valence-electron chi connectivity index (χ0n) is 15.0. The predicted octanol–water partition coefficient (Wildman–Crippen LogP) is 3.40. The number of amides is 1. The van der Waals surface area contributed by atoms with Gasteiger partial charge in [-0.2, -0.15) is 0 Å². The van der Waals surface area contributed by atoms with E-state index in [1.165, 1.54) is 18.4 Å². The summed E-state index contributed by atoms with van der Waals surface area (Å²) in [6.07, 6.45) is 4.80. The van der Waals surface area contributed by atoms with Crippen molar-refractivity contribution in [1.29, 1.82) is 0 Å². The minimum atomic E-state index is 0.0514. The van der Waals surface area contributed by atoms with Crippen molar-refractivity contribution >= 4 is 11.7 Å². The molecule has 0 spiro atoms. The Morgan fingerprint density at radius 1 is 1.23 bits per heavy atom. The van der Waals surface area contributed by atoms with Crippen LogP contribution in [0.25, 0.3) is 11.3 Å². The number of pyridine rings is 1. The van der Waals surface area contributed by atoms with Gasteiger partial charge in [-0.3, -0.25) is 4.79 Å². The topological polar surface area (TPSA) is 63.2 Å². The molecule has 5 nitrogen and oxygen atoms in total. The van der Waals surface area contributed by atoms with Crippen LogP contribution >= 0.6 is 0 Å². The molecule has 1 saturated heterocycles. The molecule has 0 aliphatic carbocycles. The van der Waals surface area contributed by atoms with Crippen molar-refractivity contribution in [2.45, 2.75) is 32.1 Å². The van der Waals surface area contributed by atoms with E-state index in [1.807, 2.05) is 30.3 Å². The molecule has 1 amide bonds. The number of carbonyl (C=O) groups excluding carboxylic acids is 1. The summed E-state index contributed by atoms with van der Waals surface area (Å²) in [6.45, 7) is 2.89. The van der Waals surface area contributed by atoms with Crippen LogP contribution in [-0.4, -0.2) is 30.6 Å². The van der Waals surface area contributed by atoms with Gasteiger partial charge in [0, 0.05) is 18.4 Å². The third-order valence-corrected chi connectivity index (χ3v) is 5.24. The van der Waals surface area contributed by atoms with Crippen molar-refractivity contribution in [2.75, 3.05) is 25.0 Å². The Kier molecular flexibility index (Phi) is 5.16. The molecule has 0 atom stereocenters. The van der Waals surface area contributed by atoms with Gasteiger partial charge in [-0.25, -0.2) is 4.98 Å². The summed E-state index contributed by atoms with van der Waals surface area (Å²) in [6, 6.07) is 11.9. The molecule has 136 valence electrons. The third-order valence-electron chi connectivity index (χ3n) is 5.24. The number of fused-ring (bicyclic) bond motifs is 1. The Balaban J connectivity index is 1.38. The first-order chi connectivity index (χ1) is 12.8. The summed E-state index contributed by atoms with van der Waals surface area (Å²) in [5.74, 6) is 2.30. The lowest BCUT2D eigenvalue weighted by atomic mass is 9.93. The lowest BCUT2D eigenvalue weighted by molar-refractivity contribution is -0.116. The number of piperidine rings is 1. The number of aromatic nitrogens is 1. The van der Waals surface area contributed by atoms with E-state index in [4.69, 9.17) is 4.74 Å². The van der Waals surface area contributed by atoms with E-state index in [1.54, 1.807) is 0 Å². The average Bonchev–Trinajstić information content (AvgIpc) is 3.15. The van der Waals surface area contributed by atoms with Crippen LogP contribution in [-0.2, 0) is 11.2 Å². The number of carbonyl (C=O) groups is 1. The first-order valence-corrected chi connectivity index (χ1v) is 9.52. The lowest BCUT2D eigenvalue weighted by Gasteiger charge is -2.22.